The van der Waals surface area contributed by atoms with Crippen LogP contribution in [0.2, 0.25) is 0 Å². The molecule has 1 atom stereocenters. The minimum atomic E-state index is -1.14. The van der Waals surface area contributed by atoms with E-state index < -0.39 is 23.2 Å². The van der Waals surface area contributed by atoms with E-state index in [1.165, 1.54) is 11.3 Å². The number of carboxylic acids is 1. The summed E-state index contributed by atoms with van der Waals surface area (Å²) in [5, 5.41) is 20.4. The second kappa shape index (κ2) is 5.43. The molecule has 0 spiro atoms. The summed E-state index contributed by atoms with van der Waals surface area (Å²) in [6, 6.07) is 0. The number of carbonyl (C=O) groups is 2. The Bertz CT molecular complexity index is 451. The maximum atomic E-state index is 11.9. The van der Waals surface area contributed by atoms with Crippen molar-refractivity contribution < 1.29 is 14.7 Å². The standard InChI is InChI=1S/C11H17N3O3S/c1-5-6-13-14-10(18-6)12-8(15)7(9(16)17)11(2,3)4/h7H,5H2,1-4H3,(H,16,17)(H,12,14,15). The average molecular weight is 271 g/mol. The minimum Gasteiger partial charge on any atom is -0.481 e. The molecule has 1 amide bonds. The Hall–Kier alpha value is -1.50. The van der Waals surface area contributed by atoms with Crippen LogP contribution in [-0.4, -0.2) is 27.2 Å². The Morgan fingerprint density at radius 3 is 2.39 bits per heavy atom. The van der Waals surface area contributed by atoms with Crippen LogP contribution in [0.1, 0.15) is 32.7 Å². The number of nitrogens with zero attached hydrogens (tertiary/aromatic N) is 2. The molecule has 7 heteroatoms. The average Bonchev–Trinajstić information content (AvgIpc) is 2.62. The van der Waals surface area contributed by atoms with Crippen molar-refractivity contribution in [3.63, 3.8) is 0 Å². The van der Waals surface area contributed by atoms with Crippen LogP contribution in [0.15, 0.2) is 0 Å². The first-order valence-corrected chi connectivity index (χ1v) is 6.43. The second-order valence-electron chi connectivity index (χ2n) is 4.98. The van der Waals surface area contributed by atoms with E-state index in [-0.39, 0.29) is 0 Å². The molecule has 0 aromatic carbocycles. The molecule has 1 unspecified atom stereocenters. The number of nitrogens with one attached hydrogen (secondary N) is 1. The Morgan fingerprint density at radius 2 is 2.00 bits per heavy atom. The monoisotopic (exact) mass is 271 g/mol. The van der Waals surface area contributed by atoms with Crippen molar-refractivity contribution in [3.8, 4) is 0 Å². The van der Waals surface area contributed by atoms with E-state index in [1.54, 1.807) is 20.8 Å². The topological polar surface area (TPSA) is 92.2 Å². The van der Waals surface area contributed by atoms with Crippen LogP contribution in [-0.2, 0) is 16.0 Å². The highest BCUT2D eigenvalue weighted by molar-refractivity contribution is 7.15. The van der Waals surface area contributed by atoms with Gasteiger partial charge in [-0.25, -0.2) is 0 Å². The lowest BCUT2D eigenvalue weighted by Gasteiger charge is -2.25. The van der Waals surface area contributed by atoms with Crippen molar-refractivity contribution in [2.75, 3.05) is 5.32 Å². The van der Waals surface area contributed by atoms with Gasteiger partial charge in [0, 0.05) is 0 Å². The van der Waals surface area contributed by atoms with E-state index in [4.69, 9.17) is 5.11 Å². The van der Waals surface area contributed by atoms with Crippen molar-refractivity contribution in [1.29, 1.82) is 0 Å². The number of hydrogen-bond acceptors (Lipinski definition) is 5. The van der Waals surface area contributed by atoms with Crippen LogP contribution in [0.5, 0.6) is 0 Å². The summed E-state index contributed by atoms with van der Waals surface area (Å²) in [4.78, 5) is 23.1. The van der Waals surface area contributed by atoms with Gasteiger partial charge in [0.25, 0.3) is 0 Å². The maximum absolute atomic E-state index is 11.9. The fourth-order valence-electron chi connectivity index (χ4n) is 1.50. The highest BCUT2D eigenvalue weighted by Crippen LogP contribution is 2.28. The van der Waals surface area contributed by atoms with Gasteiger partial charge in [0.15, 0.2) is 0 Å². The number of aromatic nitrogens is 2. The van der Waals surface area contributed by atoms with Gasteiger partial charge in [-0.2, -0.15) is 0 Å². The molecular weight excluding hydrogens is 254 g/mol. The molecule has 2 N–H and O–H groups in total. The molecule has 0 radical (unpaired) electrons. The van der Waals surface area contributed by atoms with Crippen molar-refractivity contribution >= 4 is 28.3 Å². The summed E-state index contributed by atoms with van der Waals surface area (Å²) in [6.45, 7) is 7.07. The Balaban J connectivity index is 2.82. The molecule has 0 saturated heterocycles. The number of anilines is 1. The minimum absolute atomic E-state index is 0.340. The SMILES string of the molecule is CCc1nnc(NC(=O)C(C(=O)O)C(C)(C)C)s1. The smallest absolute Gasteiger partial charge is 0.316 e. The molecule has 0 aliphatic carbocycles. The van der Waals surface area contributed by atoms with E-state index in [1.807, 2.05) is 6.92 Å². The van der Waals surface area contributed by atoms with Crippen LogP contribution in [0.4, 0.5) is 5.13 Å². The molecule has 1 heterocycles. The van der Waals surface area contributed by atoms with Crippen LogP contribution in [0.3, 0.4) is 0 Å². The second-order valence-corrected chi connectivity index (χ2v) is 6.04. The summed E-state index contributed by atoms with van der Waals surface area (Å²) in [7, 11) is 0. The van der Waals surface area contributed by atoms with Gasteiger partial charge in [0.2, 0.25) is 11.0 Å². The van der Waals surface area contributed by atoms with Gasteiger partial charge >= 0.3 is 5.97 Å². The van der Waals surface area contributed by atoms with Gasteiger partial charge in [-0.05, 0) is 11.8 Å². The molecule has 0 saturated carbocycles. The molecule has 6 nitrogen and oxygen atoms in total. The first-order valence-electron chi connectivity index (χ1n) is 5.61. The largest absolute Gasteiger partial charge is 0.481 e. The van der Waals surface area contributed by atoms with E-state index in [2.05, 4.69) is 15.5 Å². The summed E-state index contributed by atoms with van der Waals surface area (Å²) < 4.78 is 0. The lowest BCUT2D eigenvalue weighted by molar-refractivity contribution is -0.149. The number of rotatable bonds is 4. The highest BCUT2D eigenvalue weighted by Gasteiger charge is 2.38. The summed E-state index contributed by atoms with van der Waals surface area (Å²) in [5.74, 6) is -2.82. The Morgan fingerprint density at radius 1 is 1.39 bits per heavy atom. The fraction of sp³-hybridized carbons (Fsp3) is 0.636. The van der Waals surface area contributed by atoms with Gasteiger partial charge in [-0.1, -0.05) is 39.0 Å². The van der Waals surface area contributed by atoms with E-state index in [9.17, 15) is 9.59 Å². The predicted octanol–water partition coefficient (Wildman–Crippen LogP) is 1.79. The molecular formula is C11H17N3O3S. The molecule has 0 bridgehead atoms. The van der Waals surface area contributed by atoms with E-state index in [0.29, 0.717) is 5.13 Å². The van der Waals surface area contributed by atoms with Crippen molar-refractivity contribution in [2.45, 2.75) is 34.1 Å². The van der Waals surface area contributed by atoms with Gasteiger partial charge in [-0.15, -0.1) is 10.2 Å². The van der Waals surface area contributed by atoms with Gasteiger partial charge in [0.1, 0.15) is 10.9 Å². The third-order valence-electron chi connectivity index (χ3n) is 2.37. The number of carboxylic acid groups (broad SMARTS) is 1. The highest BCUT2D eigenvalue weighted by atomic mass is 32.1. The van der Waals surface area contributed by atoms with Crippen LogP contribution >= 0.6 is 11.3 Å². The Kier molecular flexibility index (Phi) is 4.39. The zero-order valence-corrected chi connectivity index (χ0v) is 11.7. The molecule has 0 fully saturated rings. The first kappa shape index (κ1) is 14.6. The molecule has 1 rings (SSSR count). The van der Waals surface area contributed by atoms with Gasteiger partial charge < -0.3 is 5.11 Å². The summed E-state index contributed by atoms with van der Waals surface area (Å²) in [5.41, 5.74) is -0.659. The number of carbonyl (C=O) groups excluding carboxylic acids is 1. The van der Waals surface area contributed by atoms with Crippen molar-refractivity contribution in [1.82, 2.24) is 10.2 Å². The van der Waals surface area contributed by atoms with Crippen LogP contribution in [0.25, 0.3) is 0 Å². The van der Waals surface area contributed by atoms with Crippen molar-refractivity contribution in [3.05, 3.63) is 5.01 Å². The Labute approximate surface area is 109 Å². The summed E-state index contributed by atoms with van der Waals surface area (Å²) >= 11 is 1.25. The summed E-state index contributed by atoms with van der Waals surface area (Å²) in [6.07, 6.45) is 0.731. The maximum Gasteiger partial charge on any atom is 0.316 e. The molecule has 1 aromatic heterocycles. The van der Waals surface area contributed by atoms with Crippen molar-refractivity contribution in [2.24, 2.45) is 11.3 Å². The zero-order valence-electron chi connectivity index (χ0n) is 10.9. The first-order chi connectivity index (χ1) is 8.25. The van der Waals surface area contributed by atoms with Crippen LogP contribution in [0, 0.1) is 11.3 Å². The van der Waals surface area contributed by atoms with E-state index >= 15 is 0 Å². The number of amides is 1. The van der Waals surface area contributed by atoms with Crippen LogP contribution < -0.4 is 5.32 Å². The molecule has 0 aliphatic rings. The lowest BCUT2D eigenvalue weighted by Crippen LogP contribution is -2.39. The third kappa shape index (κ3) is 3.49. The third-order valence-corrected chi connectivity index (χ3v) is 3.36. The fourth-order valence-corrected chi connectivity index (χ4v) is 2.18. The van der Waals surface area contributed by atoms with Gasteiger partial charge in [-0.3, -0.25) is 14.9 Å². The van der Waals surface area contributed by atoms with Gasteiger partial charge in [0.05, 0.1) is 0 Å². The number of aliphatic carboxylic acids is 1. The number of hydrogen-bond donors (Lipinski definition) is 2. The zero-order chi connectivity index (χ0) is 13.9. The predicted molar refractivity (Wildman–Crippen MR) is 68.5 cm³/mol. The quantitative estimate of drug-likeness (QED) is 0.814. The molecule has 1 aromatic rings. The number of aryl methyl sites for hydroxylation is 1. The van der Waals surface area contributed by atoms with E-state index in [0.717, 1.165) is 11.4 Å². The molecule has 0 aliphatic heterocycles. The lowest BCUT2D eigenvalue weighted by atomic mass is 9.80. The molecule has 100 valence electrons. The molecule has 18 heavy (non-hydrogen) atoms. The normalized spacial score (nSPS) is 13.1.